The second kappa shape index (κ2) is 9.60. The molecule has 0 radical (unpaired) electrons. The first-order valence-electron chi connectivity index (χ1n) is 9.04. The molecule has 0 saturated carbocycles. The van der Waals surface area contributed by atoms with E-state index < -0.39 is 10.0 Å². The molecule has 0 spiro atoms. The lowest BCUT2D eigenvalue weighted by Gasteiger charge is -2.35. The van der Waals surface area contributed by atoms with Crippen molar-refractivity contribution in [1.82, 2.24) is 14.5 Å². The zero-order valence-electron chi connectivity index (χ0n) is 15.8. The van der Waals surface area contributed by atoms with Crippen molar-refractivity contribution in [2.24, 2.45) is 0 Å². The van der Waals surface area contributed by atoms with Crippen LogP contribution in [0.2, 0.25) is 0 Å². The summed E-state index contributed by atoms with van der Waals surface area (Å²) < 4.78 is 27.4. The maximum Gasteiger partial charge on any atom is 0.243 e. The Kier molecular flexibility index (Phi) is 8.00. The van der Waals surface area contributed by atoms with Gasteiger partial charge < -0.3 is 10.2 Å². The van der Waals surface area contributed by atoms with Crippen LogP contribution in [0, 0.1) is 13.8 Å². The average Bonchev–Trinajstić information content (AvgIpc) is 2.64. The summed E-state index contributed by atoms with van der Waals surface area (Å²) in [7, 11) is -3.51. The van der Waals surface area contributed by atoms with Crippen molar-refractivity contribution in [2.75, 3.05) is 44.2 Å². The summed E-state index contributed by atoms with van der Waals surface area (Å²) in [5.41, 5.74) is 1.69. The van der Waals surface area contributed by atoms with Gasteiger partial charge in [-0.2, -0.15) is 16.1 Å². The van der Waals surface area contributed by atoms with Crippen LogP contribution in [0.1, 0.15) is 17.5 Å². The van der Waals surface area contributed by atoms with E-state index in [1.807, 2.05) is 37.7 Å². The van der Waals surface area contributed by atoms with Crippen LogP contribution in [0.4, 0.5) is 0 Å². The normalized spacial score (nSPS) is 21.6. The largest absolute Gasteiger partial charge is 0.340 e. The molecular formula is C18H28ClN3O3S2. The zero-order chi connectivity index (χ0) is 18.7. The lowest BCUT2D eigenvalue weighted by atomic mass is 10.2. The van der Waals surface area contributed by atoms with Crippen molar-refractivity contribution in [1.29, 1.82) is 0 Å². The number of rotatable bonds is 4. The number of nitrogens with zero attached hydrogens (tertiary/aromatic N) is 2. The monoisotopic (exact) mass is 433 g/mol. The van der Waals surface area contributed by atoms with Crippen molar-refractivity contribution in [3.05, 3.63) is 29.3 Å². The van der Waals surface area contributed by atoms with Crippen LogP contribution in [0.3, 0.4) is 0 Å². The molecule has 152 valence electrons. The van der Waals surface area contributed by atoms with E-state index in [1.54, 1.807) is 11.0 Å². The second-order valence-electron chi connectivity index (χ2n) is 6.98. The van der Waals surface area contributed by atoms with E-state index in [4.69, 9.17) is 0 Å². The molecule has 0 bridgehead atoms. The first-order chi connectivity index (χ1) is 12.4. The van der Waals surface area contributed by atoms with Crippen LogP contribution >= 0.6 is 24.2 Å². The van der Waals surface area contributed by atoms with Gasteiger partial charge in [0.1, 0.15) is 0 Å². The van der Waals surface area contributed by atoms with E-state index in [0.717, 1.165) is 29.2 Å². The molecule has 2 aliphatic heterocycles. The third-order valence-electron chi connectivity index (χ3n) is 4.97. The van der Waals surface area contributed by atoms with Crippen LogP contribution in [0.25, 0.3) is 0 Å². The van der Waals surface area contributed by atoms with Gasteiger partial charge in [0.2, 0.25) is 15.9 Å². The van der Waals surface area contributed by atoms with Crippen molar-refractivity contribution < 1.29 is 13.2 Å². The minimum atomic E-state index is -3.51. The van der Waals surface area contributed by atoms with E-state index in [2.05, 4.69) is 5.32 Å². The molecule has 6 nitrogen and oxygen atoms in total. The molecule has 1 atom stereocenters. The number of aryl methyl sites for hydroxylation is 2. The Balaban J connectivity index is 0.00000261. The fraction of sp³-hybridized carbons (Fsp3) is 0.611. The number of amides is 1. The van der Waals surface area contributed by atoms with Crippen LogP contribution in [-0.2, 0) is 14.8 Å². The van der Waals surface area contributed by atoms with Gasteiger partial charge >= 0.3 is 0 Å². The average molecular weight is 434 g/mol. The van der Waals surface area contributed by atoms with E-state index >= 15 is 0 Å². The Bertz CT molecular complexity index is 759. The molecule has 0 aromatic heterocycles. The third kappa shape index (κ3) is 5.38. The smallest absolute Gasteiger partial charge is 0.243 e. The lowest BCUT2D eigenvalue weighted by molar-refractivity contribution is -0.132. The molecule has 1 amide bonds. The first-order valence-corrected chi connectivity index (χ1v) is 11.6. The molecule has 2 fully saturated rings. The minimum absolute atomic E-state index is 0. The highest BCUT2D eigenvalue weighted by atomic mass is 35.5. The number of carbonyl (C=O) groups is 1. The van der Waals surface area contributed by atoms with Crippen LogP contribution < -0.4 is 5.32 Å². The Morgan fingerprint density at radius 3 is 2.56 bits per heavy atom. The summed E-state index contributed by atoms with van der Waals surface area (Å²) in [5.74, 6) is 2.18. The highest BCUT2D eigenvalue weighted by Crippen LogP contribution is 2.22. The molecule has 1 aromatic rings. The van der Waals surface area contributed by atoms with Gasteiger partial charge in [-0.3, -0.25) is 4.79 Å². The van der Waals surface area contributed by atoms with Gasteiger partial charge in [0.15, 0.2) is 0 Å². The molecule has 1 aromatic carbocycles. The summed E-state index contributed by atoms with van der Waals surface area (Å²) >= 11 is 1.87. The maximum atomic E-state index is 13.0. The summed E-state index contributed by atoms with van der Waals surface area (Å²) in [4.78, 5) is 14.7. The van der Waals surface area contributed by atoms with E-state index in [1.165, 1.54) is 4.31 Å². The van der Waals surface area contributed by atoms with Crippen LogP contribution in [-0.4, -0.2) is 73.8 Å². The van der Waals surface area contributed by atoms with Gasteiger partial charge in [0, 0.05) is 56.7 Å². The highest BCUT2D eigenvalue weighted by Gasteiger charge is 2.31. The zero-order valence-corrected chi connectivity index (χ0v) is 18.3. The number of benzene rings is 1. The second-order valence-corrected chi connectivity index (χ2v) is 10.0. The molecule has 3 rings (SSSR count). The molecule has 2 aliphatic rings. The SMILES string of the molecule is Cc1ccc(C)c(S(=O)(=O)N2CCN(C(=O)CC3CSCCN3)CC2)c1.Cl. The van der Waals surface area contributed by atoms with Gasteiger partial charge in [0.25, 0.3) is 0 Å². The molecule has 0 aliphatic carbocycles. The Morgan fingerprint density at radius 1 is 1.22 bits per heavy atom. The fourth-order valence-electron chi connectivity index (χ4n) is 3.39. The summed E-state index contributed by atoms with van der Waals surface area (Å²) in [5, 5.41) is 3.38. The summed E-state index contributed by atoms with van der Waals surface area (Å²) in [6, 6.07) is 5.73. The van der Waals surface area contributed by atoms with Gasteiger partial charge in [-0.15, -0.1) is 12.4 Å². The molecular weight excluding hydrogens is 406 g/mol. The van der Waals surface area contributed by atoms with Gasteiger partial charge in [0.05, 0.1) is 4.90 Å². The summed E-state index contributed by atoms with van der Waals surface area (Å²) in [6.07, 6.45) is 0.497. The molecule has 2 heterocycles. The van der Waals surface area contributed by atoms with Crippen molar-refractivity contribution in [2.45, 2.75) is 31.2 Å². The van der Waals surface area contributed by atoms with Crippen molar-refractivity contribution in [3.63, 3.8) is 0 Å². The number of sulfonamides is 1. The van der Waals surface area contributed by atoms with E-state index in [9.17, 15) is 13.2 Å². The van der Waals surface area contributed by atoms with Gasteiger partial charge in [-0.25, -0.2) is 8.42 Å². The topological polar surface area (TPSA) is 69.7 Å². The number of nitrogens with one attached hydrogen (secondary N) is 1. The maximum absolute atomic E-state index is 13.0. The van der Waals surface area contributed by atoms with Crippen LogP contribution in [0.5, 0.6) is 0 Å². The molecule has 2 saturated heterocycles. The highest BCUT2D eigenvalue weighted by molar-refractivity contribution is 7.99. The quantitative estimate of drug-likeness (QED) is 0.781. The molecule has 1 N–H and O–H groups in total. The van der Waals surface area contributed by atoms with Crippen molar-refractivity contribution in [3.8, 4) is 0 Å². The molecule has 27 heavy (non-hydrogen) atoms. The Labute approximate surface area is 172 Å². The number of halogens is 1. The minimum Gasteiger partial charge on any atom is -0.340 e. The fourth-order valence-corrected chi connectivity index (χ4v) is 6.07. The number of hydrogen-bond acceptors (Lipinski definition) is 5. The molecule has 9 heteroatoms. The predicted molar refractivity (Wildman–Crippen MR) is 112 cm³/mol. The Morgan fingerprint density at radius 2 is 1.93 bits per heavy atom. The van der Waals surface area contributed by atoms with E-state index in [0.29, 0.717) is 37.5 Å². The number of thioether (sulfide) groups is 1. The van der Waals surface area contributed by atoms with Crippen molar-refractivity contribution >= 4 is 40.1 Å². The first kappa shape index (κ1) is 22.5. The predicted octanol–water partition coefficient (Wildman–Crippen LogP) is 1.65. The number of piperazine rings is 1. The molecule has 1 unspecified atom stereocenters. The van der Waals surface area contributed by atoms with Gasteiger partial charge in [-0.1, -0.05) is 12.1 Å². The standard InChI is InChI=1S/C18H27N3O3S2.ClH/c1-14-3-4-15(2)17(11-14)26(23,24)21-8-6-20(7-9-21)18(22)12-16-13-25-10-5-19-16;/h3-4,11,16,19H,5-10,12-13H2,1-2H3;1H. The lowest BCUT2D eigenvalue weighted by Crippen LogP contribution is -2.52. The van der Waals surface area contributed by atoms with Crippen LogP contribution in [0.15, 0.2) is 23.1 Å². The van der Waals surface area contributed by atoms with Gasteiger partial charge in [-0.05, 0) is 31.0 Å². The number of carbonyl (C=O) groups excluding carboxylic acids is 1. The number of hydrogen-bond donors (Lipinski definition) is 1. The third-order valence-corrected chi connectivity index (χ3v) is 8.14. The van der Waals surface area contributed by atoms with E-state index in [-0.39, 0.29) is 24.4 Å². The Hall–Kier alpha value is -0.800. The summed E-state index contributed by atoms with van der Waals surface area (Å²) in [6.45, 7) is 6.30.